The molecule has 0 unspecified atom stereocenters. The molecule has 0 N–H and O–H groups in total. The minimum absolute atomic E-state index is 0.111. The first kappa shape index (κ1) is 25.3. The third kappa shape index (κ3) is 5.96. The molecule has 5 aromatic carbocycles. The van der Waals surface area contributed by atoms with E-state index in [1.807, 2.05) is 48.5 Å². The van der Waals surface area contributed by atoms with Crippen LogP contribution < -0.4 is 0 Å². The zero-order valence-electron chi connectivity index (χ0n) is 19.4. The van der Waals surface area contributed by atoms with Crippen molar-refractivity contribution in [3.63, 3.8) is 0 Å². The van der Waals surface area contributed by atoms with Crippen molar-refractivity contribution in [2.24, 2.45) is 0 Å². The van der Waals surface area contributed by atoms with Gasteiger partial charge in [-0.25, -0.2) is 8.78 Å². The van der Waals surface area contributed by atoms with Gasteiger partial charge in [-0.05, 0) is 109 Å². The lowest BCUT2D eigenvalue weighted by atomic mass is 10.0. The van der Waals surface area contributed by atoms with E-state index in [0.29, 0.717) is 16.1 Å². The second-order valence-electron chi connectivity index (χ2n) is 8.12. The van der Waals surface area contributed by atoms with Crippen LogP contribution in [0.2, 0.25) is 5.02 Å². The lowest BCUT2D eigenvalue weighted by Crippen LogP contribution is -2.05. The molecule has 182 valence electrons. The lowest BCUT2D eigenvalue weighted by molar-refractivity contribution is 0.103. The average molecular weight is 546 g/mol. The predicted octanol–water partition coefficient (Wildman–Crippen LogP) is 9.10. The van der Waals surface area contributed by atoms with Gasteiger partial charge in [-0.15, -0.1) is 0 Å². The number of hydrogen-bond donors (Lipinski definition) is 0. The van der Waals surface area contributed by atoms with Crippen LogP contribution >= 0.6 is 23.4 Å². The molecule has 37 heavy (non-hydrogen) atoms. The Bertz CT molecular complexity index is 1470. The number of rotatable bonds is 7. The lowest BCUT2D eigenvalue weighted by Gasteiger charge is -2.09. The van der Waals surface area contributed by atoms with Gasteiger partial charge in [0.05, 0.1) is 15.9 Å². The molecule has 0 aliphatic rings. The minimum atomic E-state index is -0.505. The van der Waals surface area contributed by atoms with Crippen molar-refractivity contribution in [1.82, 2.24) is 0 Å². The summed E-state index contributed by atoms with van der Waals surface area (Å²) in [6.07, 6.45) is 0. The van der Waals surface area contributed by atoms with Gasteiger partial charge in [0.25, 0.3) is 0 Å². The summed E-state index contributed by atoms with van der Waals surface area (Å²) in [7, 11) is -0.505. The summed E-state index contributed by atoms with van der Waals surface area (Å²) in [6, 6.07) is 35.5. The highest BCUT2D eigenvalue weighted by Gasteiger charge is 2.28. The van der Waals surface area contributed by atoms with Gasteiger partial charge < -0.3 is 0 Å². The summed E-state index contributed by atoms with van der Waals surface area (Å²) in [5, 5.41) is 0.436. The molecule has 0 heterocycles. The van der Waals surface area contributed by atoms with Crippen molar-refractivity contribution in [2.45, 2.75) is 24.5 Å². The summed E-state index contributed by atoms with van der Waals surface area (Å²) in [5.74, 6) is -0.699. The number of carbonyl (C=O) groups is 1. The fourth-order valence-corrected chi connectivity index (χ4v) is 6.88. The molecule has 1 nitrogen and oxygen atoms in total. The van der Waals surface area contributed by atoms with Gasteiger partial charge in [-0.3, -0.25) is 4.79 Å². The number of hydrogen-bond acceptors (Lipinski definition) is 2. The number of halogens is 3. The molecule has 0 radical (unpaired) electrons. The van der Waals surface area contributed by atoms with Gasteiger partial charge in [-0.1, -0.05) is 35.5 Å². The smallest absolute Gasteiger partial charge is 0.194 e. The Morgan fingerprint density at radius 2 is 1.03 bits per heavy atom. The van der Waals surface area contributed by atoms with Crippen molar-refractivity contribution in [1.29, 1.82) is 0 Å². The molecule has 0 fully saturated rings. The number of carbonyl (C=O) groups excluding carboxylic acids is 1. The number of ketones is 1. The van der Waals surface area contributed by atoms with Crippen molar-refractivity contribution in [3.8, 4) is 0 Å². The summed E-state index contributed by atoms with van der Waals surface area (Å²) in [6.45, 7) is 0. The molecule has 0 amide bonds. The standard InChI is InChI=1S/C31H20ClF2OS2/c32-30-4-2-1-3-29(30)31(35)21-5-11-24(12-6-21)36-25-13-19-28(20-14-25)37(26-15-7-22(33)8-16-26)27-17-9-23(34)10-18-27/h1-20H/q+1. The molecule has 0 saturated carbocycles. The first-order valence-corrected chi connectivity index (χ1v) is 13.8. The van der Waals surface area contributed by atoms with Gasteiger partial charge in [0, 0.05) is 20.9 Å². The Morgan fingerprint density at radius 1 is 0.595 bits per heavy atom. The molecule has 0 spiro atoms. The molecule has 0 aliphatic carbocycles. The van der Waals surface area contributed by atoms with E-state index in [4.69, 9.17) is 11.6 Å². The largest absolute Gasteiger partial charge is 0.289 e. The van der Waals surface area contributed by atoms with E-state index in [1.165, 1.54) is 24.3 Å². The molecule has 0 saturated heterocycles. The first-order valence-electron chi connectivity index (χ1n) is 11.4. The normalized spacial score (nSPS) is 11.0. The molecule has 6 heteroatoms. The van der Waals surface area contributed by atoms with E-state index in [0.717, 1.165) is 24.5 Å². The third-order valence-corrected chi connectivity index (χ3v) is 9.20. The summed E-state index contributed by atoms with van der Waals surface area (Å²) >= 11 is 7.77. The summed E-state index contributed by atoms with van der Waals surface area (Å²) in [5.41, 5.74) is 1.06. The van der Waals surface area contributed by atoms with Crippen molar-refractivity contribution in [3.05, 3.63) is 149 Å². The van der Waals surface area contributed by atoms with Crippen LogP contribution in [0.5, 0.6) is 0 Å². The second kappa shape index (κ2) is 11.3. The molecule has 5 rings (SSSR count). The van der Waals surface area contributed by atoms with Crippen LogP contribution in [-0.2, 0) is 10.9 Å². The maximum atomic E-state index is 13.6. The highest BCUT2D eigenvalue weighted by molar-refractivity contribution is 7.99. The highest BCUT2D eigenvalue weighted by atomic mass is 35.5. The van der Waals surface area contributed by atoms with E-state index in [9.17, 15) is 13.6 Å². The molecule has 0 aliphatic heterocycles. The Labute approximate surface area is 226 Å². The van der Waals surface area contributed by atoms with Crippen LogP contribution in [0.4, 0.5) is 8.78 Å². The van der Waals surface area contributed by atoms with Gasteiger partial charge in [-0.2, -0.15) is 0 Å². The second-order valence-corrected chi connectivity index (χ2v) is 11.7. The molecule has 0 atom stereocenters. The van der Waals surface area contributed by atoms with Crippen LogP contribution in [0.25, 0.3) is 0 Å². The summed E-state index contributed by atoms with van der Waals surface area (Å²) in [4.78, 5) is 17.8. The fraction of sp³-hybridized carbons (Fsp3) is 0. The Kier molecular flexibility index (Phi) is 7.75. The van der Waals surface area contributed by atoms with Crippen LogP contribution in [0.15, 0.2) is 146 Å². The van der Waals surface area contributed by atoms with Crippen LogP contribution in [-0.4, -0.2) is 5.78 Å². The topological polar surface area (TPSA) is 17.1 Å². The molecular weight excluding hydrogens is 526 g/mol. The SMILES string of the molecule is O=C(c1ccc(Sc2ccc([S+](c3ccc(F)cc3)c3ccc(F)cc3)cc2)cc1)c1ccccc1Cl. The van der Waals surface area contributed by atoms with Crippen LogP contribution in [0.3, 0.4) is 0 Å². The fourth-order valence-electron chi connectivity index (χ4n) is 3.80. The van der Waals surface area contributed by atoms with Gasteiger partial charge >= 0.3 is 0 Å². The minimum Gasteiger partial charge on any atom is -0.289 e. The van der Waals surface area contributed by atoms with E-state index in [2.05, 4.69) is 0 Å². The van der Waals surface area contributed by atoms with Crippen LogP contribution in [0, 0.1) is 11.6 Å². The molecular formula is C31H20ClF2OS2+. The Hall–Kier alpha value is -3.38. The van der Waals surface area contributed by atoms with Crippen molar-refractivity contribution >= 4 is 40.0 Å². The maximum absolute atomic E-state index is 13.6. The quantitative estimate of drug-likeness (QED) is 0.150. The average Bonchev–Trinajstić information content (AvgIpc) is 2.92. The first-order chi connectivity index (χ1) is 18.0. The highest BCUT2D eigenvalue weighted by Crippen LogP contribution is 2.34. The van der Waals surface area contributed by atoms with E-state index in [-0.39, 0.29) is 17.4 Å². The predicted molar refractivity (Wildman–Crippen MR) is 147 cm³/mol. The van der Waals surface area contributed by atoms with Crippen LogP contribution in [0.1, 0.15) is 15.9 Å². The third-order valence-electron chi connectivity index (χ3n) is 5.63. The van der Waals surface area contributed by atoms with E-state index >= 15 is 0 Å². The zero-order valence-corrected chi connectivity index (χ0v) is 21.8. The number of benzene rings is 5. The van der Waals surface area contributed by atoms with Crippen molar-refractivity contribution < 1.29 is 13.6 Å². The summed E-state index contributed by atoms with van der Waals surface area (Å²) < 4.78 is 27.1. The molecule has 0 aromatic heterocycles. The maximum Gasteiger partial charge on any atom is 0.194 e. The Morgan fingerprint density at radius 3 is 1.51 bits per heavy atom. The molecule has 0 bridgehead atoms. The Balaban J connectivity index is 1.36. The van der Waals surface area contributed by atoms with Crippen molar-refractivity contribution in [2.75, 3.05) is 0 Å². The van der Waals surface area contributed by atoms with E-state index < -0.39 is 10.9 Å². The van der Waals surface area contributed by atoms with E-state index in [1.54, 1.807) is 60.3 Å². The van der Waals surface area contributed by atoms with Gasteiger partial charge in [0.15, 0.2) is 20.5 Å². The molecule has 5 aromatic rings. The monoisotopic (exact) mass is 545 g/mol. The van der Waals surface area contributed by atoms with Gasteiger partial charge in [0.1, 0.15) is 11.6 Å². The van der Waals surface area contributed by atoms with Gasteiger partial charge in [0.2, 0.25) is 0 Å². The zero-order chi connectivity index (χ0) is 25.8.